The molecule has 2 nitrogen and oxygen atoms in total. The van der Waals surface area contributed by atoms with E-state index in [1.165, 1.54) is 22.3 Å². The van der Waals surface area contributed by atoms with Crippen LogP contribution in [-0.2, 0) is 0 Å². The molecule has 0 fully saturated rings. The molecule has 2 aromatic heterocycles. The van der Waals surface area contributed by atoms with Crippen LogP contribution in [-0.4, -0.2) is 9.97 Å². The number of nitrogens with zero attached hydrogens (tertiary/aromatic N) is 2. The van der Waals surface area contributed by atoms with Crippen molar-refractivity contribution in [1.82, 2.24) is 9.97 Å². The van der Waals surface area contributed by atoms with Crippen LogP contribution >= 0.6 is 0 Å². The van der Waals surface area contributed by atoms with Gasteiger partial charge in [-0.15, -0.1) is 0 Å². The first kappa shape index (κ1) is 30.1. The molecule has 2 atom stereocenters. The van der Waals surface area contributed by atoms with Crippen LogP contribution in [0.15, 0.2) is 171 Å². The van der Waals surface area contributed by atoms with Crippen LogP contribution in [0.25, 0.3) is 55.9 Å². The highest BCUT2D eigenvalue weighted by Gasteiger charge is 2.32. The third-order valence-corrected chi connectivity index (χ3v) is 9.58. The highest BCUT2D eigenvalue weighted by Crippen LogP contribution is 2.48. The van der Waals surface area contributed by atoms with Gasteiger partial charge in [0.25, 0.3) is 0 Å². The predicted octanol–water partition coefficient (Wildman–Crippen LogP) is 11.6. The van der Waals surface area contributed by atoms with Crippen molar-refractivity contribution in [2.75, 3.05) is 0 Å². The molecular formula is C47H34N2. The molecule has 0 bridgehead atoms. The standard InChI is InChI=1S/C47H34N2/c1-3-4-20-39(37-23-24-42-40-21-11-12-22-41(40)43-25-26-48-31-45(43)44(42)28-37)32(2)35-18-13-19-36(27-35)38-29-46(33-14-7-5-8-15-33)49-47(30-38)34-16-9-6-10-17-34/h3-11,13-21,23-31,40-41H,1H2,2H3. The lowest BCUT2D eigenvalue weighted by molar-refractivity contribution is 0.741. The zero-order valence-corrected chi connectivity index (χ0v) is 27.3. The lowest BCUT2D eigenvalue weighted by Gasteiger charge is -2.32. The Morgan fingerprint density at radius 3 is 2.16 bits per heavy atom. The van der Waals surface area contributed by atoms with Crippen molar-refractivity contribution in [2.45, 2.75) is 18.8 Å². The lowest BCUT2D eigenvalue weighted by Crippen LogP contribution is -2.17. The summed E-state index contributed by atoms with van der Waals surface area (Å²) in [6.45, 7) is 6.19. The van der Waals surface area contributed by atoms with Crippen molar-refractivity contribution in [1.29, 1.82) is 0 Å². The summed E-state index contributed by atoms with van der Waals surface area (Å²) in [6, 6.07) is 43.0. The molecule has 2 heteroatoms. The van der Waals surface area contributed by atoms with Gasteiger partial charge in [-0.05, 0) is 93.4 Å². The quantitative estimate of drug-likeness (QED) is 0.100. The molecule has 2 aliphatic rings. The maximum atomic E-state index is 5.09. The van der Waals surface area contributed by atoms with E-state index in [4.69, 9.17) is 4.98 Å². The highest BCUT2D eigenvalue weighted by molar-refractivity contribution is 5.97. The van der Waals surface area contributed by atoms with Crippen molar-refractivity contribution in [3.8, 4) is 56.6 Å². The minimum absolute atomic E-state index is 0.152. The Morgan fingerprint density at radius 1 is 0.694 bits per heavy atom. The molecule has 2 aliphatic carbocycles. The minimum Gasteiger partial charge on any atom is -0.264 e. The number of hydrogen-bond donors (Lipinski definition) is 0. The molecule has 2 heterocycles. The van der Waals surface area contributed by atoms with E-state index in [-0.39, 0.29) is 11.8 Å². The molecule has 2 unspecified atom stereocenters. The van der Waals surface area contributed by atoms with Gasteiger partial charge in [-0.3, -0.25) is 4.98 Å². The second-order valence-corrected chi connectivity index (χ2v) is 12.5. The minimum atomic E-state index is 0.152. The molecule has 4 aromatic carbocycles. The van der Waals surface area contributed by atoms with Crippen LogP contribution in [0.4, 0.5) is 0 Å². The molecule has 0 aliphatic heterocycles. The summed E-state index contributed by atoms with van der Waals surface area (Å²) in [6.07, 6.45) is 14.2. The van der Waals surface area contributed by atoms with Crippen LogP contribution in [0.1, 0.15) is 41.0 Å². The molecule has 232 valence electrons. The van der Waals surface area contributed by atoms with Gasteiger partial charge in [0.2, 0.25) is 0 Å². The van der Waals surface area contributed by atoms with E-state index >= 15 is 0 Å². The summed E-state index contributed by atoms with van der Waals surface area (Å²) in [5.41, 5.74) is 15.9. The van der Waals surface area contributed by atoms with Crippen molar-refractivity contribution in [3.05, 3.63) is 193 Å². The first-order chi connectivity index (χ1) is 24.2. The van der Waals surface area contributed by atoms with E-state index in [0.717, 1.165) is 55.9 Å². The second kappa shape index (κ2) is 13.1. The molecule has 6 aromatic rings. The van der Waals surface area contributed by atoms with E-state index in [0.29, 0.717) is 0 Å². The maximum Gasteiger partial charge on any atom is 0.0715 e. The van der Waals surface area contributed by atoms with Crippen molar-refractivity contribution >= 4 is 11.1 Å². The largest absolute Gasteiger partial charge is 0.264 e. The van der Waals surface area contributed by atoms with Gasteiger partial charge in [-0.25, -0.2) is 4.98 Å². The normalized spacial score (nSPS) is 16.1. The Kier molecular flexibility index (Phi) is 8.02. The van der Waals surface area contributed by atoms with E-state index in [1.54, 1.807) is 0 Å². The number of allylic oxidation sites excluding steroid dienone is 7. The van der Waals surface area contributed by atoms with Gasteiger partial charge >= 0.3 is 0 Å². The summed E-state index contributed by atoms with van der Waals surface area (Å²) < 4.78 is 0. The molecule has 49 heavy (non-hydrogen) atoms. The lowest BCUT2D eigenvalue weighted by atomic mass is 9.70. The van der Waals surface area contributed by atoms with Crippen LogP contribution in [0.2, 0.25) is 0 Å². The molecule has 0 saturated heterocycles. The Balaban J connectivity index is 1.25. The molecule has 0 spiro atoms. The van der Waals surface area contributed by atoms with Gasteiger partial charge in [-0.2, -0.15) is 0 Å². The molecular weight excluding hydrogens is 593 g/mol. The summed E-state index contributed by atoms with van der Waals surface area (Å²) in [4.78, 5) is 9.61. The SMILES string of the molecule is C=CC=CC(=C(C)c1cccc(-c2cc(-c3ccccc3)nc(-c3ccccc3)c2)c1)c1ccc2c(c1)-c1cnccc1C1C#CC=CC21. The second-order valence-electron chi connectivity index (χ2n) is 12.5. The Labute approximate surface area is 288 Å². The first-order valence-corrected chi connectivity index (χ1v) is 16.7. The fraction of sp³-hybridized carbons (Fsp3) is 0.0638. The number of pyridine rings is 2. The number of aromatic nitrogens is 2. The molecule has 0 saturated carbocycles. The predicted molar refractivity (Wildman–Crippen MR) is 204 cm³/mol. The molecule has 0 N–H and O–H groups in total. The smallest absolute Gasteiger partial charge is 0.0715 e. The number of fused-ring (bicyclic) bond motifs is 6. The summed E-state index contributed by atoms with van der Waals surface area (Å²) in [7, 11) is 0. The molecule has 0 radical (unpaired) electrons. The Morgan fingerprint density at radius 2 is 1.43 bits per heavy atom. The fourth-order valence-electron chi connectivity index (χ4n) is 7.09. The van der Waals surface area contributed by atoms with Crippen LogP contribution in [0, 0.1) is 11.8 Å². The van der Waals surface area contributed by atoms with Gasteiger partial charge in [0.15, 0.2) is 0 Å². The zero-order chi connectivity index (χ0) is 33.2. The summed E-state index contributed by atoms with van der Waals surface area (Å²) in [5.74, 6) is 7.05. The average molecular weight is 627 g/mol. The average Bonchev–Trinajstić information content (AvgIpc) is 3.18. The number of hydrogen-bond acceptors (Lipinski definition) is 2. The Bertz CT molecular complexity index is 2310. The summed E-state index contributed by atoms with van der Waals surface area (Å²) >= 11 is 0. The topological polar surface area (TPSA) is 25.8 Å². The van der Waals surface area contributed by atoms with Gasteiger partial charge in [0, 0.05) is 35.0 Å². The van der Waals surface area contributed by atoms with E-state index in [9.17, 15) is 0 Å². The third kappa shape index (κ3) is 5.77. The van der Waals surface area contributed by atoms with Crippen LogP contribution < -0.4 is 0 Å². The van der Waals surface area contributed by atoms with Crippen molar-refractivity contribution in [3.63, 3.8) is 0 Å². The number of rotatable bonds is 7. The van der Waals surface area contributed by atoms with Gasteiger partial charge < -0.3 is 0 Å². The van der Waals surface area contributed by atoms with Crippen molar-refractivity contribution in [2.24, 2.45) is 0 Å². The van der Waals surface area contributed by atoms with Crippen LogP contribution in [0.5, 0.6) is 0 Å². The van der Waals surface area contributed by atoms with E-state index in [2.05, 4.69) is 152 Å². The van der Waals surface area contributed by atoms with Gasteiger partial charge in [0.05, 0.1) is 17.3 Å². The summed E-state index contributed by atoms with van der Waals surface area (Å²) in [5, 5.41) is 0. The molecule has 8 rings (SSSR count). The third-order valence-electron chi connectivity index (χ3n) is 9.58. The monoisotopic (exact) mass is 626 g/mol. The zero-order valence-electron chi connectivity index (χ0n) is 27.3. The van der Waals surface area contributed by atoms with Gasteiger partial charge in [-0.1, -0.05) is 134 Å². The van der Waals surface area contributed by atoms with E-state index in [1.807, 2.05) is 42.8 Å². The van der Waals surface area contributed by atoms with Crippen LogP contribution in [0.3, 0.4) is 0 Å². The van der Waals surface area contributed by atoms with Crippen molar-refractivity contribution < 1.29 is 0 Å². The van der Waals surface area contributed by atoms with E-state index < -0.39 is 0 Å². The maximum absolute atomic E-state index is 5.09. The first-order valence-electron chi connectivity index (χ1n) is 16.7. The van der Waals surface area contributed by atoms with Gasteiger partial charge in [0.1, 0.15) is 0 Å². The highest BCUT2D eigenvalue weighted by atomic mass is 14.7. The Hall–Kier alpha value is -6.30. The molecule has 0 amide bonds. The fourth-order valence-corrected chi connectivity index (χ4v) is 7.09. The number of benzene rings is 4.